The highest BCUT2D eigenvalue weighted by molar-refractivity contribution is 7.98. The summed E-state index contributed by atoms with van der Waals surface area (Å²) >= 11 is 1.69. The minimum Gasteiger partial charge on any atom is -0.241 e. The zero-order valence-electron chi connectivity index (χ0n) is 6.16. The van der Waals surface area contributed by atoms with Crippen LogP contribution in [0.4, 0.5) is 5.69 Å². The molecule has 0 unspecified atom stereocenters. The molecule has 2 nitrogen and oxygen atoms in total. The number of hydrogen-bond acceptors (Lipinski definition) is 3. The summed E-state index contributed by atoms with van der Waals surface area (Å²) < 4.78 is 0. The average molecular weight is 164 g/mol. The lowest BCUT2D eigenvalue weighted by Gasteiger charge is -1.93. The van der Waals surface area contributed by atoms with E-state index in [2.05, 4.69) is 4.99 Å². The van der Waals surface area contributed by atoms with Gasteiger partial charge in [0.15, 0.2) is 0 Å². The molecular formula is C8H8N2S. The molecule has 3 heteroatoms. The van der Waals surface area contributed by atoms with E-state index in [0.29, 0.717) is 0 Å². The lowest BCUT2D eigenvalue weighted by atomic mass is 10.3. The maximum absolute atomic E-state index is 6.62. The van der Waals surface area contributed by atoms with Gasteiger partial charge in [0, 0.05) is 4.90 Å². The van der Waals surface area contributed by atoms with Gasteiger partial charge in [0.25, 0.3) is 0 Å². The SMILES string of the molecule is CSc1ccc(N=C=N)cc1. The number of nitrogens with zero attached hydrogens (tertiary/aromatic N) is 1. The molecule has 0 heterocycles. The third-order valence-corrected chi connectivity index (χ3v) is 2.00. The number of nitrogens with one attached hydrogen (secondary N) is 1. The van der Waals surface area contributed by atoms with Crippen LogP contribution in [0, 0.1) is 5.41 Å². The van der Waals surface area contributed by atoms with Crippen molar-refractivity contribution in [3.8, 4) is 0 Å². The lowest BCUT2D eigenvalue weighted by Crippen LogP contribution is -1.67. The summed E-state index contributed by atoms with van der Waals surface area (Å²) in [6.45, 7) is 0. The molecule has 0 saturated heterocycles. The van der Waals surface area contributed by atoms with Gasteiger partial charge in [-0.3, -0.25) is 0 Å². The summed E-state index contributed by atoms with van der Waals surface area (Å²) in [6, 6.07) is 9.67. The Morgan fingerprint density at radius 3 is 2.45 bits per heavy atom. The molecule has 0 aromatic heterocycles. The molecular weight excluding hydrogens is 156 g/mol. The molecule has 1 aromatic carbocycles. The molecule has 1 rings (SSSR count). The predicted octanol–water partition coefficient (Wildman–Crippen LogP) is 2.79. The number of thioether (sulfide) groups is 1. The van der Waals surface area contributed by atoms with Gasteiger partial charge in [-0.2, -0.15) is 4.99 Å². The van der Waals surface area contributed by atoms with Crippen molar-refractivity contribution in [1.29, 1.82) is 5.41 Å². The van der Waals surface area contributed by atoms with Crippen molar-refractivity contribution >= 4 is 23.5 Å². The fraction of sp³-hybridized carbons (Fsp3) is 0.125. The van der Waals surface area contributed by atoms with Gasteiger partial charge in [-0.05, 0) is 30.5 Å². The summed E-state index contributed by atoms with van der Waals surface area (Å²) in [6.07, 6.45) is 2.02. The van der Waals surface area contributed by atoms with Crippen LogP contribution in [0.2, 0.25) is 0 Å². The first kappa shape index (κ1) is 8.05. The molecule has 0 atom stereocenters. The molecule has 0 saturated carbocycles. The van der Waals surface area contributed by atoms with Crippen molar-refractivity contribution < 1.29 is 0 Å². The van der Waals surface area contributed by atoms with Crippen LogP contribution in [0.1, 0.15) is 0 Å². The Hall–Kier alpha value is -1.05. The first-order valence-corrected chi connectivity index (χ1v) is 4.36. The minimum atomic E-state index is 0.776. The lowest BCUT2D eigenvalue weighted by molar-refractivity contribution is 1.42. The van der Waals surface area contributed by atoms with Gasteiger partial charge >= 0.3 is 0 Å². The Kier molecular flexibility index (Phi) is 2.90. The third kappa shape index (κ3) is 2.22. The van der Waals surface area contributed by atoms with Gasteiger partial charge < -0.3 is 0 Å². The summed E-state index contributed by atoms with van der Waals surface area (Å²) in [7, 11) is 0. The second-order valence-electron chi connectivity index (χ2n) is 1.92. The molecule has 0 bridgehead atoms. The zero-order chi connectivity index (χ0) is 8.10. The Balaban J connectivity index is 2.91. The second-order valence-corrected chi connectivity index (χ2v) is 2.80. The molecule has 0 fully saturated rings. The molecule has 0 spiro atoms. The minimum absolute atomic E-state index is 0.776. The summed E-state index contributed by atoms with van der Waals surface area (Å²) in [4.78, 5) is 4.89. The summed E-state index contributed by atoms with van der Waals surface area (Å²) in [5, 5.41) is 6.62. The fourth-order valence-electron chi connectivity index (χ4n) is 0.721. The van der Waals surface area contributed by atoms with E-state index < -0.39 is 0 Å². The third-order valence-electron chi connectivity index (χ3n) is 1.26. The van der Waals surface area contributed by atoms with E-state index in [9.17, 15) is 0 Å². The van der Waals surface area contributed by atoms with Crippen LogP contribution >= 0.6 is 11.8 Å². The van der Waals surface area contributed by atoms with Crippen molar-refractivity contribution in [3.05, 3.63) is 24.3 Å². The van der Waals surface area contributed by atoms with Crippen LogP contribution in [0.3, 0.4) is 0 Å². The van der Waals surface area contributed by atoms with Crippen molar-refractivity contribution in [2.45, 2.75) is 4.90 Å². The number of hydrogen-bond donors (Lipinski definition) is 1. The summed E-state index contributed by atoms with van der Waals surface area (Å²) in [5.41, 5.74) is 0.776. The zero-order valence-corrected chi connectivity index (χ0v) is 6.98. The Labute approximate surface area is 69.9 Å². The van der Waals surface area contributed by atoms with Gasteiger partial charge in [-0.1, -0.05) is 0 Å². The largest absolute Gasteiger partial charge is 0.241 e. The smallest absolute Gasteiger partial charge is 0.0918 e. The van der Waals surface area contributed by atoms with E-state index in [1.807, 2.05) is 36.5 Å². The molecule has 0 aliphatic rings. The standard InChI is InChI=1S/C8H8N2S/c1-11-8-4-2-7(3-5-8)10-6-9/h2-5,9H,1H3. The van der Waals surface area contributed by atoms with Crippen LogP contribution < -0.4 is 0 Å². The quantitative estimate of drug-likeness (QED) is 0.529. The second kappa shape index (κ2) is 3.96. The van der Waals surface area contributed by atoms with Gasteiger partial charge in [-0.15, -0.1) is 11.8 Å². The summed E-state index contributed by atoms with van der Waals surface area (Å²) in [5.74, 6) is 0. The first-order chi connectivity index (χ1) is 5.36. The molecule has 56 valence electrons. The fourth-order valence-corrected chi connectivity index (χ4v) is 1.13. The Morgan fingerprint density at radius 2 is 2.00 bits per heavy atom. The van der Waals surface area contributed by atoms with E-state index in [1.165, 1.54) is 4.90 Å². The molecule has 11 heavy (non-hydrogen) atoms. The number of aliphatic imine (C=N–C) groups is 1. The van der Waals surface area contributed by atoms with Crippen molar-refractivity contribution in [2.24, 2.45) is 4.99 Å². The van der Waals surface area contributed by atoms with E-state index in [4.69, 9.17) is 5.41 Å². The normalized spacial score (nSPS) is 8.82. The maximum atomic E-state index is 6.62. The molecule has 1 N–H and O–H groups in total. The van der Waals surface area contributed by atoms with E-state index in [1.54, 1.807) is 11.8 Å². The van der Waals surface area contributed by atoms with Gasteiger partial charge in [0.2, 0.25) is 0 Å². The molecule has 0 aliphatic heterocycles. The van der Waals surface area contributed by atoms with Gasteiger partial charge in [0.1, 0.15) is 0 Å². The molecule has 0 aliphatic carbocycles. The van der Waals surface area contributed by atoms with Crippen molar-refractivity contribution in [3.63, 3.8) is 0 Å². The van der Waals surface area contributed by atoms with E-state index in [0.717, 1.165) is 5.69 Å². The van der Waals surface area contributed by atoms with Crippen molar-refractivity contribution in [1.82, 2.24) is 0 Å². The van der Waals surface area contributed by atoms with Crippen LogP contribution in [-0.4, -0.2) is 12.3 Å². The van der Waals surface area contributed by atoms with Crippen LogP contribution in [0.5, 0.6) is 0 Å². The maximum Gasteiger partial charge on any atom is 0.0918 e. The molecule has 0 radical (unpaired) electrons. The van der Waals surface area contributed by atoms with E-state index in [-0.39, 0.29) is 0 Å². The van der Waals surface area contributed by atoms with Crippen molar-refractivity contribution in [2.75, 3.05) is 6.26 Å². The molecule has 0 amide bonds. The Morgan fingerprint density at radius 1 is 1.36 bits per heavy atom. The van der Waals surface area contributed by atoms with Gasteiger partial charge in [0.05, 0.1) is 11.7 Å². The monoisotopic (exact) mass is 164 g/mol. The first-order valence-electron chi connectivity index (χ1n) is 3.13. The highest BCUT2D eigenvalue weighted by atomic mass is 32.2. The van der Waals surface area contributed by atoms with Crippen LogP contribution in [-0.2, 0) is 0 Å². The number of benzene rings is 1. The van der Waals surface area contributed by atoms with Crippen LogP contribution in [0.25, 0.3) is 0 Å². The Bertz CT molecular complexity index is 273. The molecule has 1 aromatic rings. The average Bonchev–Trinajstić information content (AvgIpc) is 2.07. The highest BCUT2D eigenvalue weighted by Crippen LogP contribution is 2.18. The predicted molar refractivity (Wildman–Crippen MR) is 48.0 cm³/mol. The number of rotatable bonds is 2. The van der Waals surface area contributed by atoms with E-state index >= 15 is 0 Å². The highest BCUT2D eigenvalue weighted by Gasteiger charge is 1.88. The van der Waals surface area contributed by atoms with Gasteiger partial charge in [-0.25, -0.2) is 5.41 Å². The topological polar surface area (TPSA) is 36.2 Å². The van der Waals surface area contributed by atoms with Crippen LogP contribution in [0.15, 0.2) is 34.2 Å².